The number of hydrogen-bond acceptors (Lipinski definition) is 8. The minimum atomic E-state index is -0.811. The van der Waals surface area contributed by atoms with E-state index in [2.05, 4.69) is 0 Å². The lowest BCUT2D eigenvalue weighted by molar-refractivity contribution is 0.126. The summed E-state index contributed by atoms with van der Waals surface area (Å²) in [6, 6.07) is 14.7. The zero-order valence-electron chi connectivity index (χ0n) is 17.4. The molecule has 0 aliphatic heterocycles. The van der Waals surface area contributed by atoms with Crippen molar-refractivity contribution in [2.45, 2.75) is 11.0 Å². The number of aliphatic hydroxyl groups excluding tert-OH is 1. The Morgan fingerprint density at radius 2 is 1.43 bits per heavy atom. The van der Waals surface area contributed by atoms with Crippen molar-refractivity contribution in [2.75, 3.05) is 50.4 Å². The maximum atomic E-state index is 10.4. The van der Waals surface area contributed by atoms with Gasteiger partial charge in [0.05, 0.1) is 28.9 Å². The van der Waals surface area contributed by atoms with Gasteiger partial charge >= 0.3 is 0 Å². The van der Waals surface area contributed by atoms with Gasteiger partial charge in [-0.1, -0.05) is 0 Å². The second kappa shape index (κ2) is 10.4. The Morgan fingerprint density at radius 1 is 0.900 bits per heavy atom. The number of aliphatic hydroxyl groups is 1. The molecule has 1 unspecified atom stereocenters. The zero-order chi connectivity index (χ0) is 22.3. The molecule has 30 heavy (non-hydrogen) atoms. The van der Waals surface area contributed by atoms with Gasteiger partial charge in [-0.25, -0.2) is 0 Å². The first-order chi connectivity index (χ1) is 14.3. The first-order valence-corrected chi connectivity index (χ1v) is 10.1. The second-order valence-corrected chi connectivity index (χ2v) is 8.02. The molecule has 0 saturated carbocycles. The molecule has 154 valence electrons. The quantitative estimate of drug-likeness (QED) is 0.648. The molecule has 0 bridgehead atoms. The van der Waals surface area contributed by atoms with Crippen molar-refractivity contribution >= 4 is 23.1 Å². The van der Waals surface area contributed by atoms with Crippen molar-refractivity contribution in [1.82, 2.24) is 0 Å². The molecule has 0 heterocycles. The first-order valence-electron chi connectivity index (χ1n) is 9.10. The minimum Gasteiger partial charge on any atom is -0.491 e. The normalized spacial score (nSPS) is 11.0. The molecule has 0 aliphatic carbocycles. The monoisotopic (exact) mass is 421 g/mol. The van der Waals surface area contributed by atoms with Crippen LogP contribution in [0, 0.1) is 34.0 Å². The van der Waals surface area contributed by atoms with Crippen LogP contribution in [0.4, 0.5) is 11.4 Å². The molecule has 0 spiro atoms. The number of rotatable bonds is 8. The van der Waals surface area contributed by atoms with Crippen LogP contribution >= 0.6 is 11.8 Å². The van der Waals surface area contributed by atoms with Gasteiger partial charge in [-0.3, -0.25) is 0 Å². The van der Waals surface area contributed by atoms with Gasteiger partial charge in [0.1, 0.15) is 24.5 Å². The summed E-state index contributed by atoms with van der Waals surface area (Å²) in [6.45, 7) is 0.0663. The number of ether oxygens (including phenoxy) is 1. The summed E-state index contributed by atoms with van der Waals surface area (Å²) in [5, 5.41) is 38.1. The second-order valence-electron chi connectivity index (χ2n) is 6.99. The summed E-state index contributed by atoms with van der Waals surface area (Å²) >= 11 is 1.20. The van der Waals surface area contributed by atoms with Crippen molar-refractivity contribution in [3.8, 4) is 24.0 Å². The standard InChI is InChI=1S/C22H23N5O2S/c1-26(2)18-7-19(27(3)4)9-21(8-18)29-13-20(28)14-30-22-16(11-24)5-15(10-23)6-17(22)12-25/h5-9,20,28H,13-14H2,1-4H3. The molecule has 2 aromatic carbocycles. The SMILES string of the molecule is CN(C)c1cc(OCC(O)CSc2c(C#N)cc(C#N)cc2C#N)cc(N(C)C)c1. The summed E-state index contributed by atoms with van der Waals surface area (Å²) in [5.41, 5.74) is 2.72. The summed E-state index contributed by atoms with van der Waals surface area (Å²) in [6.07, 6.45) is -0.811. The average molecular weight is 422 g/mol. The fraction of sp³-hybridized carbons (Fsp3) is 0.318. The van der Waals surface area contributed by atoms with E-state index < -0.39 is 6.10 Å². The van der Waals surface area contributed by atoms with Crippen LogP contribution in [0.5, 0.6) is 5.75 Å². The van der Waals surface area contributed by atoms with E-state index in [0.717, 1.165) is 11.4 Å². The number of hydrogen-bond donors (Lipinski definition) is 1. The molecule has 0 saturated heterocycles. The largest absolute Gasteiger partial charge is 0.491 e. The number of benzene rings is 2. The molecule has 8 heteroatoms. The lowest BCUT2D eigenvalue weighted by atomic mass is 10.1. The van der Waals surface area contributed by atoms with Crippen LogP contribution in [0.3, 0.4) is 0 Å². The molecular weight excluding hydrogens is 398 g/mol. The maximum absolute atomic E-state index is 10.4. The third kappa shape index (κ3) is 5.81. The van der Waals surface area contributed by atoms with Crippen LogP contribution < -0.4 is 14.5 Å². The Hall–Kier alpha value is -3.38. The van der Waals surface area contributed by atoms with E-state index in [1.807, 2.05) is 74.4 Å². The molecular formula is C22H23N5O2S. The van der Waals surface area contributed by atoms with Crippen LogP contribution in [-0.2, 0) is 0 Å². The number of thioether (sulfide) groups is 1. The van der Waals surface area contributed by atoms with E-state index in [1.165, 1.54) is 23.9 Å². The topological polar surface area (TPSA) is 107 Å². The van der Waals surface area contributed by atoms with E-state index in [4.69, 9.17) is 10.00 Å². The molecule has 0 amide bonds. The van der Waals surface area contributed by atoms with Gasteiger partial charge in [0.25, 0.3) is 0 Å². The number of anilines is 2. The molecule has 0 radical (unpaired) electrons. The highest BCUT2D eigenvalue weighted by atomic mass is 32.2. The minimum absolute atomic E-state index is 0.0663. The number of nitriles is 3. The van der Waals surface area contributed by atoms with Crippen LogP contribution in [0.25, 0.3) is 0 Å². The number of nitrogens with zero attached hydrogens (tertiary/aromatic N) is 5. The Kier molecular flexibility index (Phi) is 7.95. The highest BCUT2D eigenvalue weighted by Crippen LogP contribution is 2.30. The maximum Gasteiger partial charge on any atom is 0.123 e. The van der Waals surface area contributed by atoms with E-state index in [1.54, 1.807) is 0 Å². The van der Waals surface area contributed by atoms with Gasteiger partial charge in [-0.2, -0.15) is 15.8 Å². The molecule has 0 fully saturated rings. The van der Waals surface area contributed by atoms with E-state index in [-0.39, 0.29) is 29.1 Å². The third-order valence-corrected chi connectivity index (χ3v) is 5.51. The predicted molar refractivity (Wildman–Crippen MR) is 118 cm³/mol. The smallest absolute Gasteiger partial charge is 0.123 e. The van der Waals surface area contributed by atoms with E-state index in [0.29, 0.717) is 10.6 Å². The van der Waals surface area contributed by atoms with Crippen molar-refractivity contribution in [2.24, 2.45) is 0 Å². The van der Waals surface area contributed by atoms with Crippen LogP contribution in [0.1, 0.15) is 16.7 Å². The van der Waals surface area contributed by atoms with Gasteiger partial charge in [0.15, 0.2) is 0 Å². The Labute approximate surface area is 181 Å². The van der Waals surface area contributed by atoms with Gasteiger partial charge < -0.3 is 19.6 Å². The highest BCUT2D eigenvalue weighted by Gasteiger charge is 2.15. The molecule has 0 aliphatic rings. The highest BCUT2D eigenvalue weighted by molar-refractivity contribution is 7.99. The Morgan fingerprint density at radius 3 is 1.87 bits per heavy atom. The van der Waals surface area contributed by atoms with Crippen molar-refractivity contribution in [3.63, 3.8) is 0 Å². The average Bonchev–Trinajstić information content (AvgIpc) is 2.75. The zero-order valence-corrected chi connectivity index (χ0v) is 18.2. The predicted octanol–water partition coefficient (Wildman–Crippen LogP) is 2.97. The van der Waals surface area contributed by atoms with Crippen molar-refractivity contribution in [3.05, 3.63) is 47.0 Å². The fourth-order valence-corrected chi connectivity index (χ4v) is 3.58. The van der Waals surface area contributed by atoms with Gasteiger partial charge in [0, 0.05) is 62.3 Å². The third-order valence-electron chi connectivity index (χ3n) is 4.23. The molecule has 2 aromatic rings. The van der Waals surface area contributed by atoms with Crippen molar-refractivity contribution < 1.29 is 9.84 Å². The summed E-state index contributed by atoms with van der Waals surface area (Å²) in [4.78, 5) is 4.41. The molecule has 1 atom stereocenters. The van der Waals surface area contributed by atoms with Crippen molar-refractivity contribution in [1.29, 1.82) is 15.8 Å². The van der Waals surface area contributed by atoms with E-state index >= 15 is 0 Å². The van der Waals surface area contributed by atoms with Gasteiger partial charge in [-0.15, -0.1) is 11.8 Å². The lowest BCUT2D eigenvalue weighted by Crippen LogP contribution is -2.20. The van der Waals surface area contributed by atoms with Gasteiger partial charge in [0.2, 0.25) is 0 Å². The molecule has 0 aromatic heterocycles. The fourth-order valence-electron chi connectivity index (χ4n) is 2.60. The van der Waals surface area contributed by atoms with E-state index in [9.17, 15) is 15.6 Å². The summed E-state index contributed by atoms with van der Waals surface area (Å²) in [5.74, 6) is 0.881. The van der Waals surface area contributed by atoms with Crippen LogP contribution in [0.2, 0.25) is 0 Å². The van der Waals surface area contributed by atoms with Gasteiger partial charge in [-0.05, 0) is 18.2 Å². The molecule has 1 N–H and O–H groups in total. The molecule has 2 rings (SSSR count). The Bertz CT molecular complexity index is 970. The summed E-state index contributed by atoms with van der Waals surface area (Å²) < 4.78 is 5.80. The molecule has 7 nitrogen and oxygen atoms in total. The Balaban J connectivity index is 2.08. The summed E-state index contributed by atoms with van der Waals surface area (Å²) in [7, 11) is 7.78. The lowest BCUT2D eigenvalue weighted by Gasteiger charge is -2.20. The van der Waals surface area contributed by atoms with Crippen LogP contribution in [-0.4, -0.2) is 51.8 Å². The first kappa shape index (κ1) is 22.9. The van der Waals surface area contributed by atoms with Crippen LogP contribution in [0.15, 0.2) is 35.2 Å².